The number of piperidine rings is 1. The van der Waals surface area contributed by atoms with E-state index in [9.17, 15) is 14.7 Å². The number of nitrogens with zero attached hydrogens (tertiary/aromatic N) is 1. The van der Waals surface area contributed by atoms with Crippen LogP contribution in [0.25, 0.3) is 0 Å². The third kappa shape index (κ3) is 3.64. The molecule has 4 nitrogen and oxygen atoms in total. The molecule has 21 heavy (non-hydrogen) atoms. The van der Waals surface area contributed by atoms with Gasteiger partial charge in [0.25, 0.3) is 0 Å². The molecule has 1 aliphatic rings. The summed E-state index contributed by atoms with van der Waals surface area (Å²) in [4.78, 5) is 25.5. The molecule has 0 saturated carbocycles. The summed E-state index contributed by atoms with van der Waals surface area (Å²) in [6.07, 6.45) is 2.08. The van der Waals surface area contributed by atoms with Gasteiger partial charge in [-0.1, -0.05) is 35.0 Å². The quantitative estimate of drug-likeness (QED) is 0.904. The summed E-state index contributed by atoms with van der Waals surface area (Å²) in [5.74, 6) is -0.660. The van der Waals surface area contributed by atoms with Crippen molar-refractivity contribution in [3.05, 3.63) is 34.3 Å². The van der Waals surface area contributed by atoms with Gasteiger partial charge in [-0.3, -0.25) is 9.59 Å². The van der Waals surface area contributed by atoms with Crippen LogP contribution in [0.5, 0.6) is 0 Å². The number of carbonyl (C=O) groups is 2. The summed E-state index contributed by atoms with van der Waals surface area (Å²) in [6, 6.07) is 7.71. The molecule has 2 rings (SSSR count). The average molecular weight is 354 g/mol. The highest BCUT2D eigenvalue weighted by Crippen LogP contribution is 2.35. The molecular formula is C16H20BrNO3. The highest BCUT2D eigenvalue weighted by molar-refractivity contribution is 9.10. The first-order chi connectivity index (χ1) is 9.97. The van der Waals surface area contributed by atoms with Crippen LogP contribution >= 0.6 is 15.9 Å². The smallest absolute Gasteiger partial charge is 0.309 e. The Kier molecular flexibility index (Phi) is 5.04. The molecule has 1 aromatic carbocycles. The van der Waals surface area contributed by atoms with E-state index in [4.69, 9.17) is 0 Å². The molecular weight excluding hydrogens is 334 g/mol. The van der Waals surface area contributed by atoms with Gasteiger partial charge in [-0.15, -0.1) is 0 Å². The fourth-order valence-electron chi connectivity index (χ4n) is 2.84. The van der Waals surface area contributed by atoms with Gasteiger partial charge in [0, 0.05) is 17.6 Å². The van der Waals surface area contributed by atoms with E-state index in [-0.39, 0.29) is 5.91 Å². The number of amides is 1. The highest BCUT2D eigenvalue weighted by Gasteiger charge is 2.40. The van der Waals surface area contributed by atoms with E-state index in [1.165, 1.54) is 0 Å². The van der Waals surface area contributed by atoms with Crippen LogP contribution in [-0.4, -0.2) is 35.0 Å². The van der Waals surface area contributed by atoms with Crippen LogP contribution in [0.3, 0.4) is 0 Å². The van der Waals surface area contributed by atoms with E-state index in [1.54, 1.807) is 4.90 Å². The Hall–Kier alpha value is -1.36. The summed E-state index contributed by atoms with van der Waals surface area (Å²) >= 11 is 3.40. The van der Waals surface area contributed by atoms with Gasteiger partial charge >= 0.3 is 5.97 Å². The minimum Gasteiger partial charge on any atom is -0.481 e. The van der Waals surface area contributed by atoms with Gasteiger partial charge in [-0.25, -0.2) is 0 Å². The third-order valence-electron chi connectivity index (χ3n) is 4.45. The molecule has 5 heteroatoms. The van der Waals surface area contributed by atoms with Crippen LogP contribution in [0.4, 0.5) is 0 Å². The molecule has 114 valence electrons. The predicted molar refractivity (Wildman–Crippen MR) is 84.0 cm³/mol. The van der Waals surface area contributed by atoms with Crippen molar-refractivity contribution in [3.8, 4) is 0 Å². The second kappa shape index (κ2) is 6.60. The number of halogens is 1. The number of carboxylic acids is 1. The Morgan fingerprint density at radius 1 is 1.33 bits per heavy atom. The van der Waals surface area contributed by atoms with Crippen molar-refractivity contribution < 1.29 is 14.7 Å². The molecule has 1 heterocycles. The number of hydrogen-bond acceptors (Lipinski definition) is 2. The molecule has 0 spiro atoms. The second-order valence-electron chi connectivity index (χ2n) is 5.63. The van der Waals surface area contributed by atoms with Crippen LogP contribution in [-0.2, 0) is 16.0 Å². The molecule has 0 unspecified atom stereocenters. The monoisotopic (exact) mass is 353 g/mol. The first-order valence-electron chi connectivity index (χ1n) is 7.22. The normalized spacial score (nSPS) is 17.5. The van der Waals surface area contributed by atoms with Crippen molar-refractivity contribution in [2.45, 2.75) is 32.6 Å². The number of aliphatic carboxylic acids is 1. The van der Waals surface area contributed by atoms with E-state index in [0.29, 0.717) is 38.8 Å². The maximum atomic E-state index is 12.3. The third-order valence-corrected chi connectivity index (χ3v) is 4.94. The second-order valence-corrected chi connectivity index (χ2v) is 6.54. The van der Waals surface area contributed by atoms with Crippen LogP contribution in [0.1, 0.15) is 31.7 Å². The van der Waals surface area contributed by atoms with E-state index in [0.717, 1.165) is 10.0 Å². The van der Waals surface area contributed by atoms with Gasteiger partial charge in [0.05, 0.1) is 11.8 Å². The van der Waals surface area contributed by atoms with Crippen LogP contribution < -0.4 is 0 Å². The fourth-order valence-corrected chi connectivity index (χ4v) is 3.28. The summed E-state index contributed by atoms with van der Waals surface area (Å²) < 4.78 is 0.960. The number of carboxylic acid groups (broad SMARTS) is 1. The lowest BCUT2D eigenvalue weighted by Crippen LogP contribution is -2.46. The molecule has 1 N–H and O–H groups in total. The number of hydrogen-bond donors (Lipinski definition) is 1. The predicted octanol–water partition coefficient (Wildman–Crippen LogP) is 3.10. The van der Waals surface area contributed by atoms with Gasteiger partial charge in [-0.05, 0) is 37.0 Å². The van der Waals surface area contributed by atoms with Crippen molar-refractivity contribution >= 4 is 27.8 Å². The minimum absolute atomic E-state index is 0.0724. The van der Waals surface area contributed by atoms with E-state index in [1.807, 2.05) is 31.2 Å². The zero-order chi connectivity index (χ0) is 15.5. The lowest BCUT2D eigenvalue weighted by molar-refractivity contribution is -0.154. The van der Waals surface area contributed by atoms with E-state index in [2.05, 4.69) is 15.9 Å². The Labute approximate surface area is 133 Å². The van der Waals surface area contributed by atoms with Crippen molar-refractivity contribution in [3.63, 3.8) is 0 Å². The van der Waals surface area contributed by atoms with Crippen LogP contribution in [0, 0.1) is 5.41 Å². The number of likely N-dealkylation sites (tertiary alicyclic amines) is 1. The Balaban J connectivity index is 1.96. The molecule has 0 atom stereocenters. The van der Waals surface area contributed by atoms with Gasteiger partial charge in [0.1, 0.15) is 0 Å². The van der Waals surface area contributed by atoms with Crippen LogP contribution in [0.15, 0.2) is 28.7 Å². The molecule has 1 saturated heterocycles. The molecule has 1 fully saturated rings. The molecule has 0 aromatic heterocycles. The van der Waals surface area contributed by atoms with Crippen molar-refractivity contribution in [2.24, 2.45) is 5.41 Å². The number of benzene rings is 1. The maximum absolute atomic E-state index is 12.3. The number of rotatable bonds is 4. The maximum Gasteiger partial charge on any atom is 0.309 e. The van der Waals surface area contributed by atoms with Gasteiger partial charge in [-0.2, -0.15) is 0 Å². The summed E-state index contributed by atoms with van der Waals surface area (Å²) in [7, 11) is 0. The SMILES string of the molecule is CCC1(C(=O)O)CCN(C(=O)Cc2cccc(Br)c2)CC1. The highest BCUT2D eigenvalue weighted by atomic mass is 79.9. The van der Waals surface area contributed by atoms with Crippen molar-refractivity contribution in [1.29, 1.82) is 0 Å². The topological polar surface area (TPSA) is 57.6 Å². The minimum atomic E-state index is -0.732. The number of carbonyl (C=O) groups excluding carboxylic acids is 1. The first-order valence-corrected chi connectivity index (χ1v) is 8.02. The lowest BCUT2D eigenvalue weighted by Gasteiger charge is -2.38. The van der Waals surface area contributed by atoms with Crippen molar-refractivity contribution in [1.82, 2.24) is 4.90 Å². The molecule has 1 amide bonds. The Bertz CT molecular complexity index is 536. The largest absolute Gasteiger partial charge is 0.481 e. The lowest BCUT2D eigenvalue weighted by atomic mass is 9.76. The van der Waals surface area contributed by atoms with Gasteiger partial charge < -0.3 is 10.0 Å². The molecule has 0 radical (unpaired) electrons. The summed E-state index contributed by atoms with van der Waals surface area (Å²) in [6.45, 7) is 2.98. The zero-order valence-corrected chi connectivity index (χ0v) is 13.7. The van der Waals surface area contributed by atoms with Crippen LogP contribution in [0.2, 0.25) is 0 Å². The zero-order valence-electron chi connectivity index (χ0n) is 12.1. The Morgan fingerprint density at radius 3 is 2.52 bits per heavy atom. The van der Waals surface area contributed by atoms with Gasteiger partial charge in [0.15, 0.2) is 0 Å². The molecule has 1 aliphatic heterocycles. The summed E-state index contributed by atoms with van der Waals surface area (Å²) in [5.41, 5.74) is 0.326. The fraction of sp³-hybridized carbons (Fsp3) is 0.500. The Morgan fingerprint density at radius 2 is 2.00 bits per heavy atom. The van der Waals surface area contributed by atoms with Crippen molar-refractivity contribution in [2.75, 3.05) is 13.1 Å². The molecule has 1 aromatic rings. The standard InChI is InChI=1S/C16H20BrNO3/c1-2-16(15(20)21)6-8-18(9-7-16)14(19)11-12-4-3-5-13(17)10-12/h3-5,10H,2,6-9,11H2,1H3,(H,20,21). The average Bonchev–Trinajstić information content (AvgIpc) is 2.47. The van der Waals surface area contributed by atoms with E-state index >= 15 is 0 Å². The molecule has 0 bridgehead atoms. The molecule has 0 aliphatic carbocycles. The van der Waals surface area contributed by atoms with Gasteiger partial charge in [0.2, 0.25) is 5.91 Å². The van der Waals surface area contributed by atoms with E-state index < -0.39 is 11.4 Å². The first kappa shape index (κ1) is 16.0. The summed E-state index contributed by atoms with van der Waals surface area (Å²) in [5, 5.41) is 9.37.